The van der Waals surface area contributed by atoms with Crippen molar-refractivity contribution in [2.75, 3.05) is 6.54 Å². The van der Waals surface area contributed by atoms with Crippen LogP contribution in [-0.2, 0) is 13.2 Å². The number of benzene rings is 2. The van der Waals surface area contributed by atoms with E-state index in [-0.39, 0.29) is 5.82 Å². The Morgan fingerprint density at radius 2 is 2.10 bits per heavy atom. The molecule has 0 aliphatic heterocycles. The highest BCUT2D eigenvalue weighted by molar-refractivity contribution is 9.10. The Balaban J connectivity index is 2.14. The molecule has 112 valence electrons. The van der Waals surface area contributed by atoms with Gasteiger partial charge in [-0.15, -0.1) is 0 Å². The predicted molar refractivity (Wildman–Crippen MR) is 87.3 cm³/mol. The van der Waals surface area contributed by atoms with Crippen molar-refractivity contribution in [1.82, 2.24) is 5.32 Å². The molecule has 0 heterocycles. The largest absolute Gasteiger partial charge is 0.488 e. The Morgan fingerprint density at radius 3 is 2.81 bits per heavy atom. The van der Waals surface area contributed by atoms with Crippen molar-refractivity contribution < 1.29 is 9.13 Å². The average molecular weight is 373 g/mol. The summed E-state index contributed by atoms with van der Waals surface area (Å²) in [5.41, 5.74) is 1.81. The molecule has 0 bridgehead atoms. The topological polar surface area (TPSA) is 21.3 Å². The van der Waals surface area contributed by atoms with Crippen molar-refractivity contribution >= 4 is 27.5 Å². The summed E-state index contributed by atoms with van der Waals surface area (Å²) in [7, 11) is 0. The summed E-state index contributed by atoms with van der Waals surface area (Å²) in [6, 6.07) is 10.1. The molecule has 0 fully saturated rings. The normalized spacial score (nSPS) is 10.7. The summed E-state index contributed by atoms with van der Waals surface area (Å²) >= 11 is 9.56. The molecule has 2 nitrogen and oxygen atoms in total. The standard InChI is InChI=1S/C16H16BrClFNO/c1-2-20-9-13-15(18)4-3-5-16(13)21-10-11-6-7-12(19)8-14(11)17/h3-8,20H,2,9-10H2,1H3. The van der Waals surface area contributed by atoms with E-state index in [2.05, 4.69) is 21.2 Å². The summed E-state index contributed by atoms with van der Waals surface area (Å²) in [4.78, 5) is 0. The van der Waals surface area contributed by atoms with Gasteiger partial charge in [-0.05, 0) is 30.8 Å². The van der Waals surface area contributed by atoms with Gasteiger partial charge in [0.2, 0.25) is 0 Å². The molecule has 0 saturated heterocycles. The first kappa shape index (κ1) is 16.3. The van der Waals surface area contributed by atoms with Crippen LogP contribution in [0.3, 0.4) is 0 Å². The smallest absolute Gasteiger partial charge is 0.125 e. The van der Waals surface area contributed by atoms with E-state index in [9.17, 15) is 4.39 Å². The molecule has 0 unspecified atom stereocenters. The van der Waals surface area contributed by atoms with E-state index in [0.29, 0.717) is 22.6 Å². The van der Waals surface area contributed by atoms with Crippen LogP contribution in [0.5, 0.6) is 5.75 Å². The Labute approximate surface area is 137 Å². The lowest BCUT2D eigenvalue weighted by Gasteiger charge is -2.14. The molecule has 0 aliphatic carbocycles. The molecule has 2 aromatic rings. The third-order valence-electron chi connectivity index (χ3n) is 3.03. The molecule has 0 amide bonds. The monoisotopic (exact) mass is 371 g/mol. The van der Waals surface area contributed by atoms with Crippen LogP contribution in [0.1, 0.15) is 18.1 Å². The number of hydrogen-bond donors (Lipinski definition) is 1. The zero-order valence-electron chi connectivity index (χ0n) is 11.6. The van der Waals surface area contributed by atoms with Crippen molar-refractivity contribution in [2.24, 2.45) is 0 Å². The van der Waals surface area contributed by atoms with Gasteiger partial charge in [-0.2, -0.15) is 0 Å². The third-order valence-corrected chi connectivity index (χ3v) is 4.12. The van der Waals surface area contributed by atoms with Crippen molar-refractivity contribution in [1.29, 1.82) is 0 Å². The maximum absolute atomic E-state index is 13.1. The van der Waals surface area contributed by atoms with Crippen LogP contribution >= 0.6 is 27.5 Å². The lowest BCUT2D eigenvalue weighted by atomic mass is 10.2. The summed E-state index contributed by atoms with van der Waals surface area (Å²) < 4.78 is 19.6. The molecule has 2 rings (SSSR count). The van der Waals surface area contributed by atoms with E-state index >= 15 is 0 Å². The van der Waals surface area contributed by atoms with Crippen LogP contribution in [0.25, 0.3) is 0 Å². The van der Waals surface area contributed by atoms with Crippen LogP contribution in [0.4, 0.5) is 4.39 Å². The number of ether oxygens (including phenoxy) is 1. The molecule has 0 aliphatic rings. The van der Waals surface area contributed by atoms with Crippen LogP contribution in [0.2, 0.25) is 5.02 Å². The third kappa shape index (κ3) is 4.43. The number of hydrogen-bond acceptors (Lipinski definition) is 2. The molecule has 0 radical (unpaired) electrons. The Morgan fingerprint density at radius 1 is 1.29 bits per heavy atom. The molecule has 5 heteroatoms. The quantitative estimate of drug-likeness (QED) is 0.776. The first-order chi connectivity index (χ1) is 10.1. The van der Waals surface area contributed by atoms with Gasteiger partial charge in [-0.3, -0.25) is 0 Å². The lowest BCUT2D eigenvalue weighted by Crippen LogP contribution is -2.13. The maximum Gasteiger partial charge on any atom is 0.125 e. The van der Waals surface area contributed by atoms with Crippen molar-refractivity contribution in [2.45, 2.75) is 20.1 Å². The predicted octanol–water partition coefficient (Wildman–Crippen LogP) is 4.93. The second-order valence-corrected chi connectivity index (χ2v) is 5.78. The van der Waals surface area contributed by atoms with Gasteiger partial charge in [0.05, 0.1) is 0 Å². The zero-order chi connectivity index (χ0) is 15.2. The fraction of sp³-hybridized carbons (Fsp3) is 0.250. The van der Waals surface area contributed by atoms with E-state index in [1.165, 1.54) is 12.1 Å². The first-order valence-electron chi connectivity index (χ1n) is 6.66. The number of nitrogens with one attached hydrogen (secondary N) is 1. The minimum absolute atomic E-state index is 0.277. The van der Waals surface area contributed by atoms with Gasteiger partial charge < -0.3 is 10.1 Å². The maximum atomic E-state index is 13.1. The van der Waals surface area contributed by atoms with Gasteiger partial charge in [0.25, 0.3) is 0 Å². The van der Waals surface area contributed by atoms with Gasteiger partial charge in [-0.1, -0.05) is 46.6 Å². The Hall–Kier alpha value is -1.10. The van der Waals surface area contributed by atoms with Crippen LogP contribution in [0.15, 0.2) is 40.9 Å². The van der Waals surface area contributed by atoms with Gasteiger partial charge in [0.1, 0.15) is 18.2 Å². The molecular weight excluding hydrogens is 357 g/mol. The molecule has 0 atom stereocenters. The Kier molecular flexibility index (Phi) is 6.03. The second-order valence-electron chi connectivity index (χ2n) is 4.52. The van der Waals surface area contributed by atoms with Gasteiger partial charge >= 0.3 is 0 Å². The fourth-order valence-corrected chi connectivity index (χ4v) is 2.59. The summed E-state index contributed by atoms with van der Waals surface area (Å²) in [6.07, 6.45) is 0. The van der Waals surface area contributed by atoms with Gasteiger partial charge in [0.15, 0.2) is 0 Å². The van der Waals surface area contributed by atoms with Crippen molar-refractivity contribution in [3.05, 3.63) is 62.8 Å². The molecule has 21 heavy (non-hydrogen) atoms. The van der Waals surface area contributed by atoms with Crippen molar-refractivity contribution in [3.63, 3.8) is 0 Å². The van der Waals surface area contributed by atoms with Crippen LogP contribution in [0, 0.1) is 5.82 Å². The minimum Gasteiger partial charge on any atom is -0.488 e. The number of rotatable bonds is 6. The molecule has 1 N–H and O–H groups in total. The highest BCUT2D eigenvalue weighted by Gasteiger charge is 2.09. The van der Waals surface area contributed by atoms with Crippen LogP contribution in [-0.4, -0.2) is 6.54 Å². The van der Waals surface area contributed by atoms with Gasteiger partial charge in [-0.25, -0.2) is 4.39 Å². The fourth-order valence-electron chi connectivity index (χ4n) is 1.89. The van der Waals surface area contributed by atoms with E-state index in [0.717, 1.165) is 23.4 Å². The Bertz CT molecular complexity index is 621. The summed E-state index contributed by atoms with van der Waals surface area (Å²) in [5.74, 6) is 0.459. The van der Waals surface area contributed by atoms with E-state index < -0.39 is 0 Å². The van der Waals surface area contributed by atoms with Crippen molar-refractivity contribution in [3.8, 4) is 5.75 Å². The van der Waals surface area contributed by atoms with E-state index in [1.807, 2.05) is 25.1 Å². The SMILES string of the molecule is CCNCc1c(Cl)cccc1OCc1ccc(F)cc1Br. The molecule has 0 aromatic heterocycles. The molecule has 0 spiro atoms. The first-order valence-corrected chi connectivity index (χ1v) is 7.83. The average Bonchev–Trinajstić information content (AvgIpc) is 2.45. The highest BCUT2D eigenvalue weighted by atomic mass is 79.9. The second kappa shape index (κ2) is 7.78. The number of halogens is 3. The highest BCUT2D eigenvalue weighted by Crippen LogP contribution is 2.28. The van der Waals surface area contributed by atoms with E-state index in [4.69, 9.17) is 16.3 Å². The molecule has 2 aromatic carbocycles. The molecular formula is C16H16BrClFNO. The lowest BCUT2D eigenvalue weighted by molar-refractivity contribution is 0.301. The summed E-state index contributed by atoms with van der Waals surface area (Å²) in [5, 5.41) is 3.91. The molecule has 0 saturated carbocycles. The minimum atomic E-state index is -0.277. The summed E-state index contributed by atoms with van der Waals surface area (Å²) in [6.45, 7) is 3.89. The van der Waals surface area contributed by atoms with E-state index in [1.54, 1.807) is 6.07 Å². The zero-order valence-corrected chi connectivity index (χ0v) is 14.0. The van der Waals surface area contributed by atoms with Gasteiger partial charge in [0, 0.05) is 27.2 Å². The van der Waals surface area contributed by atoms with Crippen LogP contribution < -0.4 is 10.1 Å².